The SMILES string of the molecule is CC(C)(C)c1ccc2nc(N3CC(C(=O)O)C=N3)[nH]c(=O)c2c1. The van der Waals surface area contributed by atoms with Gasteiger partial charge in [0.2, 0.25) is 5.95 Å². The second kappa shape index (κ2) is 5.19. The molecule has 3 rings (SSSR count). The first-order valence-corrected chi connectivity index (χ1v) is 7.35. The summed E-state index contributed by atoms with van der Waals surface area (Å²) in [5.74, 6) is -1.39. The molecule has 1 aromatic heterocycles. The Labute approximate surface area is 132 Å². The molecule has 2 heterocycles. The molecule has 0 saturated heterocycles. The molecule has 23 heavy (non-hydrogen) atoms. The van der Waals surface area contributed by atoms with Crippen LogP contribution in [-0.2, 0) is 10.2 Å². The first-order valence-electron chi connectivity index (χ1n) is 7.35. The number of hydrogen-bond acceptors (Lipinski definition) is 5. The normalized spacial score (nSPS) is 17.9. The summed E-state index contributed by atoms with van der Waals surface area (Å²) in [7, 11) is 0. The van der Waals surface area contributed by atoms with Crippen LogP contribution in [0, 0.1) is 5.92 Å². The maximum absolute atomic E-state index is 12.4. The Hall–Kier alpha value is -2.70. The van der Waals surface area contributed by atoms with Crippen molar-refractivity contribution in [1.29, 1.82) is 0 Å². The zero-order chi connectivity index (χ0) is 16.8. The van der Waals surface area contributed by atoms with Crippen LogP contribution in [0.25, 0.3) is 10.9 Å². The molecule has 1 atom stereocenters. The zero-order valence-corrected chi connectivity index (χ0v) is 13.2. The topological polar surface area (TPSA) is 98.7 Å². The summed E-state index contributed by atoms with van der Waals surface area (Å²) in [6.07, 6.45) is 1.34. The third kappa shape index (κ3) is 2.81. The Bertz CT molecular complexity index is 864. The molecular formula is C16H18N4O3. The number of nitrogens with zero attached hydrogens (tertiary/aromatic N) is 3. The Balaban J connectivity index is 2.02. The third-order valence-electron chi connectivity index (χ3n) is 3.88. The molecule has 0 bridgehead atoms. The van der Waals surface area contributed by atoms with Crippen LogP contribution in [0.15, 0.2) is 28.1 Å². The van der Waals surface area contributed by atoms with Crippen molar-refractivity contribution in [3.8, 4) is 0 Å². The van der Waals surface area contributed by atoms with Gasteiger partial charge in [-0.1, -0.05) is 26.8 Å². The molecule has 0 radical (unpaired) electrons. The maximum atomic E-state index is 12.4. The van der Waals surface area contributed by atoms with E-state index in [9.17, 15) is 9.59 Å². The molecule has 0 fully saturated rings. The molecule has 1 unspecified atom stereocenters. The van der Waals surface area contributed by atoms with Crippen LogP contribution in [0.5, 0.6) is 0 Å². The van der Waals surface area contributed by atoms with Crippen LogP contribution in [0.2, 0.25) is 0 Å². The van der Waals surface area contributed by atoms with Crippen molar-refractivity contribution in [3.63, 3.8) is 0 Å². The van der Waals surface area contributed by atoms with Crippen LogP contribution in [0.4, 0.5) is 5.95 Å². The fourth-order valence-corrected chi connectivity index (χ4v) is 2.44. The van der Waals surface area contributed by atoms with Crippen LogP contribution >= 0.6 is 0 Å². The standard InChI is InChI=1S/C16H18N4O3/c1-16(2,3)10-4-5-12-11(6-10)13(21)19-15(18-12)20-8-9(7-17-20)14(22)23/h4-7,9H,8H2,1-3H3,(H,22,23)(H,18,19,21). The molecule has 0 spiro atoms. The molecule has 0 aliphatic carbocycles. The lowest BCUT2D eigenvalue weighted by Crippen LogP contribution is -2.26. The van der Waals surface area contributed by atoms with Crippen LogP contribution in [-0.4, -0.2) is 33.8 Å². The number of rotatable bonds is 2. The van der Waals surface area contributed by atoms with Gasteiger partial charge in [-0.05, 0) is 23.1 Å². The predicted molar refractivity (Wildman–Crippen MR) is 88.0 cm³/mol. The highest BCUT2D eigenvalue weighted by Gasteiger charge is 2.26. The van der Waals surface area contributed by atoms with Gasteiger partial charge >= 0.3 is 5.97 Å². The Kier molecular flexibility index (Phi) is 3.43. The van der Waals surface area contributed by atoms with E-state index in [0.717, 1.165) is 5.56 Å². The van der Waals surface area contributed by atoms with Crippen LogP contribution < -0.4 is 10.6 Å². The minimum Gasteiger partial charge on any atom is -0.481 e. The Morgan fingerprint density at radius 3 is 2.74 bits per heavy atom. The van der Waals surface area contributed by atoms with Crippen LogP contribution in [0.3, 0.4) is 0 Å². The lowest BCUT2D eigenvalue weighted by Gasteiger charge is -2.19. The van der Waals surface area contributed by atoms with E-state index < -0.39 is 11.9 Å². The average Bonchev–Trinajstić information content (AvgIpc) is 2.96. The number of anilines is 1. The van der Waals surface area contributed by atoms with Crippen molar-refractivity contribution in [3.05, 3.63) is 34.1 Å². The highest BCUT2D eigenvalue weighted by Crippen LogP contribution is 2.25. The van der Waals surface area contributed by atoms with Gasteiger partial charge in [-0.25, -0.2) is 9.99 Å². The minimum absolute atomic E-state index is 0.0622. The second-order valence-electron chi connectivity index (χ2n) is 6.66. The molecule has 120 valence electrons. The molecule has 2 N–H and O–H groups in total. The van der Waals surface area contributed by atoms with E-state index in [-0.39, 0.29) is 23.5 Å². The number of hydrogen-bond donors (Lipinski definition) is 2. The summed E-state index contributed by atoms with van der Waals surface area (Å²) >= 11 is 0. The molecule has 1 aliphatic rings. The maximum Gasteiger partial charge on any atom is 0.313 e. The quantitative estimate of drug-likeness (QED) is 0.879. The van der Waals surface area contributed by atoms with Gasteiger partial charge in [0.1, 0.15) is 5.92 Å². The van der Waals surface area contributed by atoms with Crippen molar-refractivity contribution >= 4 is 29.0 Å². The fraction of sp³-hybridized carbons (Fsp3) is 0.375. The van der Waals surface area contributed by atoms with Crippen LogP contribution in [0.1, 0.15) is 26.3 Å². The van der Waals surface area contributed by atoms with Crippen molar-refractivity contribution in [1.82, 2.24) is 9.97 Å². The van der Waals surface area contributed by atoms with Gasteiger partial charge in [0, 0.05) is 6.21 Å². The average molecular weight is 314 g/mol. The van der Waals surface area contributed by atoms with Gasteiger partial charge in [0.05, 0.1) is 17.4 Å². The smallest absolute Gasteiger partial charge is 0.313 e. The van der Waals surface area contributed by atoms with E-state index in [1.165, 1.54) is 11.2 Å². The number of benzene rings is 1. The van der Waals surface area contributed by atoms with Gasteiger partial charge in [0.25, 0.3) is 5.56 Å². The van der Waals surface area contributed by atoms with Crippen molar-refractivity contribution in [2.24, 2.45) is 11.0 Å². The summed E-state index contributed by atoms with van der Waals surface area (Å²) < 4.78 is 0. The first-order chi connectivity index (χ1) is 10.8. The molecule has 1 aliphatic heterocycles. The van der Waals surface area contributed by atoms with Gasteiger partial charge in [-0.2, -0.15) is 5.10 Å². The van der Waals surface area contributed by atoms with E-state index >= 15 is 0 Å². The number of aromatic amines is 1. The predicted octanol–water partition coefficient (Wildman–Crippen LogP) is 1.73. The van der Waals surface area contributed by atoms with E-state index in [4.69, 9.17) is 5.11 Å². The lowest BCUT2D eigenvalue weighted by molar-refractivity contribution is -0.138. The number of nitrogens with one attached hydrogen (secondary N) is 1. The number of aromatic nitrogens is 2. The largest absolute Gasteiger partial charge is 0.481 e. The summed E-state index contributed by atoms with van der Waals surface area (Å²) in [6.45, 7) is 6.39. The number of aliphatic carboxylic acids is 1. The molecule has 0 saturated carbocycles. The monoisotopic (exact) mass is 314 g/mol. The number of H-pyrrole nitrogens is 1. The summed E-state index contributed by atoms with van der Waals surface area (Å²) in [4.78, 5) is 30.4. The zero-order valence-electron chi connectivity index (χ0n) is 13.2. The Morgan fingerprint density at radius 2 is 2.13 bits per heavy atom. The fourth-order valence-electron chi connectivity index (χ4n) is 2.44. The number of hydrazone groups is 1. The van der Waals surface area contributed by atoms with Gasteiger partial charge < -0.3 is 5.11 Å². The highest BCUT2D eigenvalue weighted by atomic mass is 16.4. The van der Waals surface area contributed by atoms with Gasteiger partial charge in [-0.3, -0.25) is 14.6 Å². The Morgan fingerprint density at radius 1 is 1.39 bits per heavy atom. The van der Waals surface area contributed by atoms with Crippen molar-refractivity contribution < 1.29 is 9.90 Å². The lowest BCUT2D eigenvalue weighted by atomic mass is 9.86. The van der Waals surface area contributed by atoms with Gasteiger partial charge in [0.15, 0.2) is 0 Å². The summed E-state index contributed by atoms with van der Waals surface area (Å²) in [5.41, 5.74) is 1.29. The van der Waals surface area contributed by atoms with Gasteiger partial charge in [-0.15, -0.1) is 0 Å². The number of carboxylic acids is 1. The molecule has 1 aromatic carbocycles. The van der Waals surface area contributed by atoms with Crippen molar-refractivity contribution in [2.75, 3.05) is 11.6 Å². The second-order valence-corrected chi connectivity index (χ2v) is 6.66. The van der Waals surface area contributed by atoms with Crippen molar-refractivity contribution in [2.45, 2.75) is 26.2 Å². The number of fused-ring (bicyclic) bond motifs is 1. The molecule has 7 heteroatoms. The third-order valence-corrected chi connectivity index (χ3v) is 3.88. The molecule has 2 aromatic rings. The van der Waals surface area contributed by atoms with E-state index in [2.05, 4.69) is 35.8 Å². The molecule has 0 amide bonds. The number of carbonyl (C=O) groups is 1. The summed E-state index contributed by atoms with van der Waals surface area (Å²) in [5, 5.41) is 14.9. The molecular weight excluding hydrogens is 296 g/mol. The highest BCUT2D eigenvalue weighted by molar-refractivity contribution is 5.91. The summed E-state index contributed by atoms with van der Waals surface area (Å²) in [6, 6.07) is 5.60. The minimum atomic E-state index is -0.950. The number of carboxylic acid groups (broad SMARTS) is 1. The van der Waals surface area contributed by atoms with E-state index in [0.29, 0.717) is 10.9 Å². The van der Waals surface area contributed by atoms with E-state index in [1.54, 1.807) is 0 Å². The molecule has 7 nitrogen and oxygen atoms in total. The first kappa shape index (κ1) is 15.2. The van der Waals surface area contributed by atoms with E-state index in [1.807, 2.05) is 18.2 Å².